The summed E-state index contributed by atoms with van der Waals surface area (Å²) in [6.45, 7) is 6.31. The molecule has 0 N–H and O–H groups in total. The van der Waals surface area contributed by atoms with Crippen molar-refractivity contribution in [2.75, 3.05) is 0 Å². The van der Waals surface area contributed by atoms with E-state index < -0.39 is 0 Å². The maximum Gasteiger partial charge on any atom is 0.311 e. The quantitative estimate of drug-likeness (QED) is 0.321. The fourth-order valence-electron chi connectivity index (χ4n) is 3.27. The number of fused-ring (bicyclic) bond motifs is 1. The molecule has 27 heavy (non-hydrogen) atoms. The summed E-state index contributed by atoms with van der Waals surface area (Å²) in [5.41, 5.74) is 2.81. The van der Waals surface area contributed by atoms with Gasteiger partial charge < -0.3 is 4.74 Å². The highest BCUT2D eigenvalue weighted by Gasteiger charge is 2.16. The molecule has 0 aliphatic rings. The molecule has 0 unspecified atom stereocenters. The van der Waals surface area contributed by atoms with E-state index in [9.17, 15) is 4.79 Å². The topological polar surface area (TPSA) is 39.2 Å². The first kappa shape index (κ1) is 21.1. The van der Waals surface area contributed by atoms with Crippen LogP contribution >= 0.6 is 0 Å². The minimum Gasteiger partial charge on any atom is -0.425 e. The molecule has 3 heteroatoms. The minimum atomic E-state index is -0.172. The Bertz CT molecular complexity index is 764. The van der Waals surface area contributed by atoms with Gasteiger partial charge in [0.25, 0.3) is 0 Å². The van der Waals surface area contributed by atoms with Gasteiger partial charge in [-0.25, -0.2) is 4.98 Å². The minimum absolute atomic E-state index is 0.172. The number of hydrogen-bond donors (Lipinski definition) is 0. The van der Waals surface area contributed by atoms with Crippen molar-refractivity contribution in [3.8, 4) is 5.75 Å². The summed E-state index contributed by atoms with van der Waals surface area (Å²) in [7, 11) is 0. The lowest BCUT2D eigenvalue weighted by atomic mass is 10.0. The number of pyridine rings is 1. The Kier molecular flexibility index (Phi) is 9.03. The standard InChI is InChI=1S/C24H33NO2/c1-4-7-8-9-10-11-12-17-21-19(6-3)24(27-23(26)15-5-2)20-16-13-14-18-22(20)25-21/h12-14,16-18H,4-11,15H2,1-3H3/b17-12+. The Balaban J connectivity index is 2.26. The lowest BCUT2D eigenvalue weighted by Gasteiger charge is -2.14. The number of para-hydroxylation sites is 1. The number of ether oxygens (including phenoxy) is 1. The molecule has 0 spiro atoms. The number of nitrogens with zero attached hydrogens (tertiary/aromatic N) is 1. The van der Waals surface area contributed by atoms with Crippen LogP contribution in [0.3, 0.4) is 0 Å². The third kappa shape index (κ3) is 6.20. The van der Waals surface area contributed by atoms with E-state index in [1.165, 1.54) is 32.1 Å². The molecule has 0 atom stereocenters. The molecule has 2 aromatic rings. The molecular formula is C24H33NO2. The van der Waals surface area contributed by atoms with E-state index in [0.717, 1.165) is 41.4 Å². The van der Waals surface area contributed by atoms with Crippen LogP contribution in [0, 0.1) is 0 Å². The molecule has 0 aliphatic carbocycles. The Morgan fingerprint density at radius 2 is 1.81 bits per heavy atom. The molecule has 0 radical (unpaired) electrons. The van der Waals surface area contributed by atoms with Gasteiger partial charge in [-0.3, -0.25) is 4.79 Å². The van der Waals surface area contributed by atoms with E-state index in [4.69, 9.17) is 9.72 Å². The number of rotatable bonds is 11. The van der Waals surface area contributed by atoms with Crippen LogP contribution in [0.4, 0.5) is 0 Å². The van der Waals surface area contributed by atoms with E-state index in [-0.39, 0.29) is 5.97 Å². The van der Waals surface area contributed by atoms with Crippen molar-refractivity contribution >= 4 is 22.9 Å². The van der Waals surface area contributed by atoms with Crippen LogP contribution in [0.1, 0.15) is 83.4 Å². The average molecular weight is 368 g/mol. The third-order valence-electron chi connectivity index (χ3n) is 4.75. The summed E-state index contributed by atoms with van der Waals surface area (Å²) in [4.78, 5) is 17.0. The molecule has 1 heterocycles. The lowest BCUT2D eigenvalue weighted by Crippen LogP contribution is -2.10. The molecule has 0 bridgehead atoms. The molecule has 0 amide bonds. The molecule has 0 saturated carbocycles. The first-order valence-corrected chi connectivity index (χ1v) is 10.5. The van der Waals surface area contributed by atoms with Gasteiger partial charge in [-0.05, 0) is 43.9 Å². The van der Waals surface area contributed by atoms with Gasteiger partial charge in [-0.1, -0.05) is 64.7 Å². The fraction of sp³-hybridized carbons (Fsp3) is 0.500. The van der Waals surface area contributed by atoms with Gasteiger partial charge in [0.2, 0.25) is 0 Å². The van der Waals surface area contributed by atoms with Crippen LogP contribution in [0.25, 0.3) is 17.0 Å². The Morgan fingerprint density at radius 3 is 2.56 bits per heavy atom. The van der Waals surface area contributed by atoms with Gasteiger partial charge in [-0.2, -0.15) is 0 Å². The van der Waals surface area contributed by atoms with Crippen molar-refractivity contribution in [3.63, 3.8) is 0 Å². The number of benzene rings is 1. The second kappa shape index (κ2) is 11.5. The number of aromatic nitrogens is 1. The molecule has 0 aliphatic heterocycles. The van der Waals surface area contributed by atoms with Crippen LogP contribution in [-0.4, -0.2) is 11.0 Å². The van der Waals surface area contributed by atoms with E-state index in [2.05, 4.69) is 26.0 Å². The van der Waals surface area contributed by atoms with E-state index in [1.807, 2.05) is 31.2 Å². The van der Waals surface area contributed by atoms with Crippen molar-refractivity contribution in [2.45, 2.75) is 78.6 Å². The largest absolute Gasteiger partial charge is 0.425 e. The highest BCUT2D eigenvalue weighted by atomic mass is 16.5. The smallest absolute Gasteiger partial charge is 0.311 e. The van der Waals surface area contributed by atoms with Crippen LogP contribution in [-0.2, 0) is 11.2 Å². The Labute approximate surface area is 163 Å². The SMILES string of the molecule is CCCCCCC/C=C/c1nc2ccccc2c(OC(=O)CCC)c1CC. The van der Waals surface area contributed by atoms with Crippen molar-refractivity contribution in [2.24, 2.45) is 0 Å². The van der Waals surface area contributed by atoms with Gasteiger partial charge in [-0.15, -0.1) is 0 Å². The molecule has 1 aromatic carbocycles. The van der Waals surface area contributed by atoms with Crippen LogP contribution in [0.15, 0.2) is 30.3 Å². The Hall–Kier alpha value is -2.16. The number of carbonyl (C=O) groups is 1. The van der Waals surface area contributed by atoms with Gasteiger partial charge in [0.05, 0.1) is 11.2 Å². The highest BCUT2D eigenvalue weighted by molar-refractivity contribution is 5.90. The molecular weight excluding hydrogens is 334 g/mol. The number of carbonyl (C=O) groups excluding carboxylic acids is 1. The monoisotopic (exact) mass is 367 g/mol. The lowest BCUT2D eigenvalue weighted by molar-refractivity contribution is -0.134. The van der Waals surface area contributed by atoms with Crippen LogP contribution in [0.2, 0.25) is 0 Å². The molecule has 0 fully saturated rings. The van der Waals surface area contributed by atoms with Gasteiger partial charge in [0.15, 0.2) is 0 Å². The summed E-state index contributed by atoms with van der Waals surface area (Å²) < 4.78 is 5.79. The third-order valence-corrected chi connectivity index (χ3v) is 4.75. The van der Waals surface area contributed by atoms with Crippen LogP contribution in [0.5, 0.6) is 5.75 Å². The number of hydrogen-bond acceptors (Lipinski definition) is 3. The predicted octanol–water partition coefficient (Wildman–Crippen LogP) is 6.88. The molecule has 1 aromatic heterocycles. The van der Waals surface area contributed by atoms with Gasteiger partial charge in [0.1, 0.15) is 5.75 Å². The maximum atomic E-state index is 12.2. The second-order valence-corrected chi connectivity index (χ2v) is 7.00. The normalized spacial score (nSPS) is 11.4. The van der Waals surface area contributed by atoms with Crippen LogP contribution < -0.4 is 4.74 Å². The van der Waals surface area contributed by atoms with Crippen molar-refractivity contribution in [1.29, 1.82) is 0 Å². The summed E-state index contributed by atoms with van der Waals surface area (Å²) in [5.74, 6) is 0.513. The molecule has 3 nitrogen and oxygen atoms in total. The number of allylic oxidation sites excluding steroid dienone is 1. The zero-order chi connectivity index (χ0) is 19.5. The molecule has 146 valence electrons. The van der Waals surface area contributed by atoms with E-state index >= 15 is 0 Å². The maximum absolute atomic E-state index is 12.2. The van der Waals surface area contributed by atoms with Crippen molar-refractivity contribution in [1.82, 2.24) is 4.98 Å². The van der Waals surface area contributed by atoms with Gasteiger partial charge in [0, 0.05) is 17.4 Å². The predicted molar refractivity (Wildman–Crippen MR) is 114 cm³/mol. The van der Waals surface area contributed by atoms with Gasteiger partial charge >= 0.3 is 5.97 Å². The second-order valence-electron chi connectivity index (χ2n) is 7.00. The first-order chi connectivity index (χ1) is 13.2. The van der Waals surface area contributed by atoms with E-state index in [1.54, 1.807) is 0 Å². The zero-order valence-electron chi connectivity index (χ0n) is 17.1. The zero-order valence-corrected chi connectivity index (χ0v) is 17.1. The Morgan fingerprint density at radius 1 is 1.04 bits per heavy atom. The summed E-state index contributed by atoms with van der Waals surface area (Å²) in [6.07, 6.45) is 13.8. The molecule has 2 rings (SSSR count). The highest BCUT2D eigenvalue weighted by Crippen LogP contribution is 2.32. The molecule has 0 saturated heterocycles. The van der Waals surface area contributed by atoms with E-state index in [0.29, 0.717) is 12.2 Å². The van der Waals surface area contributed by atoms with Crippen molar-refractivity contribution < 1.29 is 9.53 Å². The number of esters is 1. The summed E-state index contributed by atoms with van der Waals surface area (Å²) in [6, 6.07) is 7.90. The van der Waals surface area contributed by atoms with Crippen molar-refractivity contribution in [3.05, 3.63) is 41.6 Å². The average Bonchev–Trinajstić information content (AvgIpc) is 2.67. The summed E-state index contributed by atoms with van der Waals surface area (Å²) in [5, 5.41) is 0.913. The first-order valence-electron chi connectivity index (χ1n) is 10.5. The fourth-order valence-corrected chi connectivity index (χ4v) is 3.27. The number of unbranched alkanes of at least 4 members (excludes halogenated alkanes) is 5. The summed E-state index contributed by atoms with van der Waals surface area (Å²) >= 11 is 0.